The average Bonchev–Trinajstić information content (AvgIpc) is 2.48. The first-order chi connectivity index (χ1) is 10.6. The van der Waals surface area contributed by atoms with Crippen LogP contribution in [0.1, 0.15) is 18.2 Å². The number of aromatic nitrogens is 2. The molecular formula is C15H13ClN4O2. The van der Waals surface area contributed by atoms with E-state index in [0.717, 1.165) is 12.0 Å². The molecule has 0 fully saturated rings. The summed E-state index contributed by atoms with van der Waals surface area (Å²) >= 11 is 5.72. The first-order valence-electron chi connectivity index (χ1n) is 6.53. The summed E-state index contributed by atoms with van der Waals surface area (Å²) in [4.78, 5) is 18.4. The zero-order valence-electron chi connectivity index (χ0n) is 11.8. The van der Waals surface area contributed by atoms with Gasteiger partial charge in [0, 0.05) is 19.5 Å². The van der Waals surface area contributed by atoms with Gasteiger partial charge in [0.2, 0.25) is 17.1 Å². The van der Waals surface area contributed by atoms with Crippen LogP contribution in [-0.4, -0.2) is 22.4 Å². The van der Waals surface area contributed by atoms with E-state index in [2.05, 4.69) is 15.3 Å². The molecular weight excluding hydrogens is 304 g/mol. The molecule has 0 aliphatic rings. The first-order valence-corrected chi connectivity index (χ1v) is 6.90. The quantitative estimate of drug-likeness (QED) is 0.856. The van der Waals surface area contributed by atoms with Crippen LogP contribution in [0.25, 0.3) is 0 Å². The van der Waals surface area contributed by atoms with Gasteiger partial charge in [-0.15, -0.1) is 0 Å². The summed E-state index contributed by atoms with van der Waals surface area (Å²) in [6.07, 6.45) is 0.734. The Bertz CT molecular complexity index is 710. The van der Waals surface area contributed by atoms with Gasteiger partial charge in [0.25, 0.3) is 0 Å². The summed E-state index contributed by atoms with van der Waals surface area (Å²) in [6, 6.07) is 10.7. The summed E-state index contributed by atoms with van der Waals surface area (Å²) in [5.41, 5.74) is 1.21. The number of carbonyl (C=O) groups is 1. The number of hydrogen-bond acceptors (Lipinski definition) is 5. The number of nitrogens with zero attached hydrogens (tertiary/aromatic N) is 3. The molecule has 0 spiro atoms. The molecule has 6 nitrogen and oxygen atoms in total. The van der Waals surface area contributed by atoms with Crippen molar-refractivity contribution in [2.75, 3.05) is 6.54 Å². The molecule has 112 valence electrons. The second-order valence-electron chi connectivity index (χ2n) is 4.45. The largest absolute Gasteiger partial charge is 0.439 e. The Hall–Kier alpha value is -2.65. The number of ether oxygens (including phenoxy) is 1. The first kappa shape index (κ1) is 15.7. The summed E-state index contributed by atoms with van der Waals surface area (Å²) in [5, 5.41) is 11.5. The lowest BCUT2D eigenvalue weighted by atomic mass is 10.1. The van der Waals surface area contributed by atoms with E-state index in [9.17, 15) is 4.79 Å². The van der Waals surface area contributed by atoms with E-state index >= 15 is 0 Å². The van der Waals surface area contributed by atoms with Gasteiger partial charge in [0.1, 0.15) is 17.5 Å². The van der Waals surface area contributed by atoms with Gasteiger partial charge in [-0.05, 0) is 35.7 Å². The highest BCUT2D eigenvalue weighted by molar-refractivity contribution is 6.28. The van der Waals surface area contributed by atoms with Crippen molar-refractivity contribution in [2.45, 2.75) is 13.3 Å². The highest BCUT2D eigenvalue weighted by Crippen LogP contribution is 2.21. The minimum absolute atomic E-state index is 0.0408. The SMILES string of the molecule is CC(=O)NCCc1ccc(Oc2cc(C#N)nc(Cl)n2)cc1. The Morgan fingerprint density at radius 3 is 2.73 bits per heavy atom. The van der Waals surface area contributed by atoms with Crippen molar-refractivity contribution in [2.24, 2.45) is 0 Å². The lowest BCUT2D eigenvalue weighted by Gasteiger charge is -2.07. The van der Waals surface area contributed by atoms with Crippen LogP contribution in [0.15, 0.2) is 30.3 Å². The number of rotatable bonds is 5. The zero-order valence-corrected chi connectivity index (χ0v) is 12.6. The third kappa shape index (κ3) is 4.72. The van der Waals surface area contributed by atoms with Crippen LogP contribution >= 0.6 is 11.6 Å². The van der Waals surface area contributed by atoms with Gasteiger partial charge in [-0.2, -0.15) is 10.2 Å². The Morgan fingerprint density at radius 2 is 2.09 bits per heavy atom. The molecule has 0 atom stereocenters. The van der Waals surface area contributed by atoms with Gasteiger partial charge >= 0.3 is 0 Å². The predicted octanol–water partition coefficient (Wildman–Crippen LogP) is 2.47. The molecule has 0 radical (unpaired) electrons. The van der Waals surface area contributed by atoms with E-state index in [0.29, 0.717) is 12.3 Å². The summed E-state index contributed by atoms with van der Waals surface area (Å²) in [5.74, 6) is 0.735. The Balaban J connectivity index is 2.01. The van der Waals surface area contributed by atoms with Gasteiger partial charge in [0.05, 0.1) is 0 Å². The fraction of sp³-hybridized carbons (Fsp3) is 0.200. The fourth-order valence-electron chi connectivity index (χ4n) is 1.73. The summed E-state index contributed by atoms with van der Waals surface area (Å²) < 4.78 is 5.54. The summed E-state index contributed by atoms with van der Waals surface area (Å²) in [7, 11) is 0. The molecule has 0 aliphatic carbocycles. The minimum Gasteiger partial charge on any atom is -0.439 e. The average molecular weight is 317 g/mol. The third-order valence-electron chi connectivity index (χ3n) is 2.72. The molecule has 1 amide bonds. The molecule has 1 heterocycles. The summed E-state index contributed by atoms with van der Waals surface area (Å²) in [6.45, 7) is 2.07. The number of carbonyl (C=O) groups excluding carboxylic acids is 1. The molecule has 7 heteroatoms. The highest BCUT2D eigenvalue weighted by Gasteiger charge is 2.05. The molecule has 0 saturated heterocycles. The van der Waals surface area contributed by atoms with Gasteiger partial charge in [-0.25, -0.2) is 4.98 Å². The topological polar surface area (TPSA) is 87.9 Å². The Labute approximate surface area is 132 Å². The second-order valence-corrected chi connectivity index (χ2v) is 4.79. The van der Waals surface area contributed by atoms with E-state index in [1.165, 1.54) is 13.0 Å². The third-order valence-corrected chi connectivity index (χ3v) is 2.89. The second kappa shape index (κ2) is 7.38. The number of nitriles is 1. The monoisotopic (exact) mass is 316 g/mol. The van der Waals surface area contributed by atoms with Gasteiger partial charge < -0.3 is 10.1 Å². The van der Waals surface area contributed by atoms with Crippen molar-refractivity contribution in [1.82, 2.24) is 15.3 Å². The van der Waals surface area contributed by atoms with E-state index in [1.54, 1.807) is 12.1 Å². The van der Waals surface area contributed by atoms with Crippen molar-refractivity contribution in [3.8, 4) is 17.7 Å². The van der Waals surface area contributed by atoms with Gasteiger partial charge in [0.15, 0.2) is 0 Å². The standard InChI is InChI=1S/C15H13ClN4O2/c1-10(21)18-7-6-11-2-4-13(5-3-11)22-14-8-12(9-17)19-15(16)20-14/h2-5,8H,6-7H2,1H3,(H,18,21). The van der Waals surface area contributed by atoms with Crippen LogP contribution in [0.4, 0.5) is 0 Å². The maximum Gasteiger partial charge on any atom is 0.226 e. The van der Waals surface area contributed by atoms with E-state index < -0.39 is 0 Å². The van der Waals surface area contributed by atoms with Crippen LogP contribution in [-0.2, 0) is 11.2 Å². The smallest absolute Gasteiger partial charge is 0.226 e. The van der Waals surface area contributed by atoms with Crippen molar-refractivity contribution < 1.29 is 9.53 Å². The van der Waals surface area contributed by atoms with Crippen molar-refractivity contribution in [3.63, 3.8) is 0 Å². The maximum absolute atomic E-state index is 10.8. The van der Waals surface area contributed by atoms with Crippen LogP contribution in [0, 0.1) is 11.3 Å². The molecule has 0 saturated carbocycles. The maximum atomic E-state index is 10.8. The van der Waals surface area contributed by atoms with Gasteiger partial charge in [-0.3, -0.25) is 4.79 Å². The normalized spacial score (nSPS) is 9.86. The number of nitrogens with one attached hydrogen (secondary N) is 1. The molecule has 0 aliphatic heterocycles. The van der Waals surface area contributed by atoms with Crippen LogP contribution in [0.5, 0.6) is 11.6 Å². The Morgan fingerprint density at radius 1 is 1.36 bits per heavy atom. The van der Waals surface area contributed by atoms with E-state index in [1.807, 2.05) is 18.2 Å². The Kier molecular flexibility index (Phi) is 5.28. The molecule has 1 N–H and O–H groups in total. The molecule has 2 aromatic rings. The fourth-order valence-corrected chi connectivity index (χ4v) is 1.91. The molecule has 1 aromatic carbocycles. The number of amides is 1. The number of benzene rings is 1. The van der Waals surface area contributed by atoms with E-state index in [4.69, 9.17) is 21.6 Å². The molecule has 22 heavy (non-hydrogen) atoms. The van der Waals surface area contributed by atoms with Crippen molar-refractivity contribution in [3.05, 3.63) is 46.9 Å². The lowest BCUT2D eigenvalue weighted by Crippen LogP contribution is -2.22. The van der Waals surface area contributed by atoms with E-state index in [-0.39, 0.29) is 22.8 Å². The van der Waals surface area contributed by atoms with Gasteiger partial charge in [-0.1, -0.05) is 12.1 Å². The molecule has 0 bridgehead atoms. The van der Waals surface area contributed by atoms with Crippen LogP contribution in [0.2, 0.25) is 5.28 Å². The van der Waals surface area contributed by atoms with Crippen molar-refractivity contribution in [1.29, 1.82) is 5.26 Å². The minimum atomic E-state index is -0.0473. The van der Waals surface area contributed by atoms with Crippen molar-refractivity contribution >= 4 is 17.5 Å². The zero-order chi connectivity index (χ0) is 15.9. The van der Waals surface area contributed by atoms with Crippen LogP contribution < -0.4 is 10.1 Å². The number of hydrogen-bond donors (Lipinski definition) is 1. The molecule has 1 aromatic heterocycles. The number of halogens is 1. The molecule has 2 rings (SSSR count). The lowest BCUT2D eigenvalue weighted by molar-refractivity contribution is -0.118. The highest BCUT2D eigenvalue weighted by atomic mass is 35.5. The predicted molar refractivity (Wildman–Crippen MR) is 80.7 cm³/mol. The molecule has 0 unspecified atom stereocenters. The van der Waals surface area contributed by atoms with Crippen LogP contribution in [0.3, 0.4) is 0 Å².